The van der Waals surface area contributed by atoms with Crippen LogP contribution in [0.3, 0.4) is 0 Å². The molecule has 3 aromatic rings. The second-order valence-electron chi connectivity index (χ2n) is 6.73. The van der Waals surface area contributed by atoms with Crippen molar-refractivity contribution < 1.29 is 31.5 Å². The fourth-order valence-corrected chi connectivity index (χ4v) is 5.12. The lowest BCUT2D eigenvalue weighted by atomic mass is 10.1. The van der Waals surface area contributed by atoms with Gasteiger partial charge in [0.25, 0.3) is 0 Å². The Bertz CT molecular complexity index is 1200. The summed E-state index contributed by atoms with van der Waals surface area (Å²) in [7, 11) is -3.63. The molecule has 2 aromatic carbocycles. The van der Waals surface area contributed by atoms with Crippen molar-refractivity contribution in [2.45, 2.75) is 30.7 Å². The van der Waals surface area contributed by atoms with Crippen LogP contribution in [0.5, 0.6) is 0 Å². The second kappa shape index (κ2) is 9.77. The lowest BCUT2D eigenvalue weighted by Gasteiger charge is -2.08. The van der Waals surface area contributed by atoms with Gasteiger partial charge in [0, 0.05) is 30.6 Å². The summed E-state index contributed by atoms with van der Waals surface area (Å²) >= 11 is 1.15. The van der Waals surface area contributed by atoms with Gasteiger partial charge in [-0.1, -0.05) is 48.5 Å². The summed E-state index contributed by atoms with van der Waals surface area (Å²) < 4.78 is 64.2. The number of carboxylic acids is 1. The van der Waals surface area contributed by atoms with E-state index in [1.165, 1.54) is 11.1 Å². The molecule has 7 nitrogen and oxygen atoms in total. The van der Waals surface area contributed by atoms with Crippen molar-refractivity contribution in [2.24, 2.45) is 0 Å². The van der Waals surface area contributed by atoms with Crippen LogP contribution in [0.1, 0.15) is 16.7 Å². The van der Waals surface area contributed by atoms with E-state index in [2.05, 4.69) is 26.5 Å². The van der Waals surface area contributed by atoms with E-state index in [1.54, 1.807) is 5.38 Å². The summed E-state index contributed by atoms with van der Waals surface area (Å²) in [6, 6.07) is 15.4. The van der Waals surface area contributed by atoms with Crippen LogP contribution < -0.4 is 10.0 Å². The summed E-state index contributed by atoms with van der Waals surface area (Å²) in [5, 5.41) is 12.0. The van der Waals surface area contributed by atoms with E-state index in [0.717, 1.165) is 35.7 Å². The first-order valence-electron chi connectivity index (χ1n) is 9.19. The highest BCUT2D eigenvalue weighted by molar-refractivity contribution is 7.89. The van der Waals surface area contributed by atoms with Crippen molar-refractivity contribution in [3.8, 4) is 11.3 Å². The Hall–Kier alpha value is -2.80. The zero-order valence-corrected chi connectivity index (χ0v) is 18.0. The third-order valence-electron chi connectivity index (χ3n) is 4.48. The molecule has 1 aliphatic heterocycles. The summed E-state index contributed by atoms with van der Waals surface area (Å²) in [6.07, 6.45) is -5.08. The largest absolute Gasteiger partial charge is 0.490 e. The minimum absolute atomic E-state index is 0.228. The number of hydrogen-bond donors (Lipinski definition) is 3. The fraction of sp³-hybridized carbons (Fsp3) is 0.200. The molecular formula is C20H18F3N3O4S2. The molecule has 0 aliphatic carbocycles. The van der Waals surface area contributed by atoms with Crippen molar-refractivity contribution in [2.75, 3.05) is 0 Å². The number of alkyl halides is 3. The van der Waals surface area contributed by atoms with Crippen molar-refractivity contribution >= 4 is 27.5 Å². The zero-order valence-electron chi connectivity index (χ0n) is 16.4. The molecule has 12 heteroatoms. The van der Waals surface area contributed by atoms with E-state index < -0.39 is 22.2 Å². The molecule has 0 atom stereocenters. The molecule has 32 heavy (non-hydrogen) atoms. The number of nitrogens with one attached hydrogen (secondary N) is 2. The van der Waals surface area contributed by atoms with Gasteiger partial charge in [0.05, 0.1) is 0 Å². The van der Waals surface area contributed by atoms with Gasteiger partial charge in [0.15, 0.2) is 0 Å². The Labute approximate surface area is 186 Å². The molecule has 0 bridgehead atoms. The van der Waals surface area contributed by atoms with Gasteiger partial charge in [0.1, 0.15) is 10.6 Å². The minimum atomic E-state index is -5.08. The van der Waals surface area contributed by atoms with Crippen LogP contribution in [-0.2, 0) is 34.5 Å². The third-order valence-corrected chi connectivity index (χ3v) is 6.68. The molecule has 0 spiro atoms. The van der Waals surface area contributed by atoms with E-state index >= 15 is 0 Å². The molecular weight excluding hydrogens is 467 g/mol. The number of sulfonamides is 1. The highest BCUT2D eigenvalue weighted by Crippen LogP contribution is 2.27. The van der Waals surface area contributed by atoms with E-state index in [0.29, 0.717) is 5.69 Å². The van der Waals surface area contributed by atoms with Gasteiger partial charge in [-0.15, -0.1) is 0 Å². The topological polar surface area (TPSA) is 108 Å². The molecule has 0 fully saturated rings. The maximum atomic E-state index is 12.7. The normalized spacial score (nSPS) is 13.2. The van der Waals surface area contributed by atoms with Crippen molar-refractivity contribution in [3.05, 3.63) is 70.6 Å². The van der Waals surface area contributed by atoms with E-state index in [4.69, 9.17) is 9.90 Å². The number of nitrogens with zero attached hydrogens (tertiary/aromatic N) is 1. The van der Waals surface area contributed by atoms with Crippen LogP contribution in [0.4, 0.5) is 13.2 Å². The molecule has 0 saturated heterocycles. The smallest absolute Gasteiger partial charge is 0.475 e. The number of halogens is 3. The summed E-state index contributed by atoms with van der Waals surface area (Å²) in [4.78, 5) is 9.12. The van der Waals surface area contributed by atoms with Gasteiger partial charge in [-0.2, -0.15) is 17.5 Å². The molecule has 1 aliphatic rings. The average Bonchev–Trinajstić information content (AvgIpc) is 3.42. The fourth-order valence-electron chi connectivity index (χ4n) is 2.92. The van der Waals surface area contributed by atoms with Crippen LogP contribution >= 0.6 is 11.5 Å². The third kappa shape index (κ3) is 5.91. The van der Waals surface area contributed by atoms with Gasteiger partial charge in [-0.05, 0) is 28.2 Å². The van der Waals surface area contributed by atoms with Gasteiger partial charge >= 0.3 is 12.1 Å². The highest BCUT2D eigenvalue weighted by Gasteiger charge is 2.38. The van der Waals surface area contributed by atoms with Crippen LogP contribution in [0.15, 0.2) is 58.8 Å². The molecule has 2 heterocycles. The van der Waals surface area contributed by atoms with Gasteiger partial charge in [-0.25, -0.2) is 17.9 Å². The number of hydrogen-bond acceptors (Lipinski definition) is 6. The number of fused-ring (bicyclic) bond motifs is 1. The van der Waals surface area contributed by atoms with Crippen LogP contribution in [-0.4, -0.2) is 30.0 Å². The number of benzene rings is 2. The van der Waals surface area contributed by atoms with E-state index in [1.807, 2.05) is 36.4 Å². The first kappa shape index (κ1) is 23.9. The first-order valence-corrected chi connectivity index (χ1v) is 11.5. The Kier molecular flexibility index (Phi) is 7.29. The van der Waals surface area contributed by atoms with E-state index in [-0.39, 0.29) is 11.4 Å². The first-order chi connectivity index (χ1) is 15.1. The standard InChI is InChI=1S/C18H17N3O2S2.C2HF3O2/c22-25(23,17-12-24-21-18(17)14-4-2-1-3-5-14)20-9-13-6-7-15-10-19-11-16(15)8-13;3-2(4,5)1(6)7/h1-8,12,19-20H,9-11H2;(H,6,7). The Balaban J connectivity index is 0.000000360. The predicted molar refractivity (Wildman–Crippen MR) is 112 cm³/mol. The maximum absolute atomic E-state index is 12.7. The average molecular weight is 486 g/mol. The second-order valence-corrected chi connectivity index (χ2v) is 9.09. The molecule has 0 amide bonds. The van der Waals surface area contributed by atoms with Crippen molar-refractivity contribution in [1.29, 1.82) is 0 Å². The Morgan fingerprint density at radius 3 is 2.44 bits per heavy atom. The monoisotopic (exact) mass is 485 g/mol. The van der Waals surface area contributed by atoms with Crippen LogP contribution in [0.25, 0.3) is 11.3 Å². The number of carbonyl (C=O) groups is 1. The zero-order chi connectivity index (χ0) is 23.4. The molecule has 3 N–H and O–H groups in total. The number of aromatic nitrogens is 1. The summed E-state index contributed by atoms with van der Waals surface area (Å²) in [5.74, 6) is -2.76. The molecule has 1 aromatic heterocycles. The Morgan fingerprint density at radius 2 is 1.78 bits per heavy atom. The summed E-state index contributed by atoms with van der Waals surface area (Å²) in [6.45, 7) is 1.98. The molecule has 170 valence electrons. The quantitative estimate of drug-likeness (QED) is 0.510. The lowest BCUT2D eigenvalue weighted by Crippen LogP contribution is -2.23. The molecule has 0 saturated carbocycles. The van der Waals surface area contributed by atoms with E-state index in [9.17, 15) is 21.6 Å². The molecule has 0 unspecified atom stereocenters. The maximum Gasteiger partial charge on any atom is 0.490 e. The van der Waals surface area contributed by atoms with Crippen molar-refractivity contribution in [1.82, 2.24) is 14.4 Å². The minimum Gasteiger partial charge on any atom is -0.475 e. The number of rotatable bonds is 5. The molecule has 4 rings (SSSR count). The summed E-state index contributed by atoms with van der Waals surface area (Å²) in [5.41, 5.74) is 4.76. The Morgan fingerprint density at radius 1 is 1.12 bits per heavy atom. The number of carboxylic acid groups (broad SMARTS) is 1. The van der Waals surface area contributed by atoms with Crippen LogP contribution in [0.2, 0.25) is 0 Å². The van der Waals surface area contributed by atoms with Crippen molar-refractivity contribution in [3.63, 3.8) is 0 Å². The lowest BCUT2D eigenvalue weighted by molar-refractivity contribution is -0.192. The van der Waals surface area contributed by atoms with Gasteiger partial charge in [-0.3, -0.25) is 0 Å². The SMILES string of the molecule is O=C(O)C(F)(F)F.O=S(=O)(NCc1ccc2c(c1)CNC2)c1csnc1-c1ccccc1. The highest BCUT2D eigenvalue weighted by atomic mass is 32.2. The van der Waals surface area contributed by atoms with Crippen LogP contribution in [0, 0.1) is 0 Å². The van der Waals surface area contributed by atoms with Gasteiger partial charge in [0.2, 0.25) is 10.0 Å². The predicted octanol–water partition coefficient (Wildman–Crippen LogP) is 3.53. The van der Waals surface area contributed by atoms with Gasteiger partial charge < -0.3 is 10.4 Å². The number of aliphatic carboxylic acids is 1. The molecule has 0 radical (unpaired) electrons.